The first-order valence-corrected chi connectivity index (χ1v) is 6.73. The Kier molecular flexibility index (Phi) is 8.95. The third-order valence-electron chi connectivity index (χ3n) is 2.36. The molecule has 5 heteroatoms. The summed E-state index contributed by atoms with van der Waals surface area (Å²) in [5.74, 6) is 1.76. The average Bonchev–Trinajstić information content (AvgIpc) is 2.34. The van der Waals surface area contributed by atoms with Gasteiger partial charge in [0.1, 0.15) is 0 Å². The van der Waals surface area contributed by atoms with Gasteiger partial charge in [-0.2, -0.15) is 0 Å². The molecule has 0 fully saturated rings. The van der Waals surface area contributed by atoms with Crippen molar-refractivity contribution < 1.29 is 51.4 Å². The molecule has 0 spiro atoms. The summed E-state index contributed by atoms with van der Waals surface area (Å²) >= 11 is -0.886. The molecular formula is C14H14Cl2O2Ti. The van der Waals surface area contributed by atoms with Crippen molar-refractivity contribution in [2.24, 2.45) is 0 Å². The van der Waals surface area contributed by atoms with Crippen molar-refractivity contribution >= 4 is 0 Å². The fourth-order valence-corrected chi connectivity index (χ4v) is 2.12. The zero-order valence-electron chi connectivity index (χ0n) is 10.7. The second-order valence-corrected chi connectivity index (χ2v) is 4.81. The topological polar surface area (TPSA) is 18.5 Å². The van der Waals surface area contributed by atoms with Gasteiger partial charge in [-0.1, -0.05) is 0 Å². The van der Waals surface area contributed by atoms with Crippen LogP contribution in [0.25, 0.3) is 0 Å². The molecule has 0 heterocycles. The normalized spacial score (nSPS) is 8.53. The van der Waals surface area contributed by atoms with Crippen molar-refractivity contribution in [3.8, 4) is 11.5 Å². The summed E-state index contributed by atoms with van der Waals surface area (Å²) in [7, 11) is 0. The molecule has 0 unspecified atom stereocenters. The smallest absolute Gasteiger partial charge is 1.00 e. The monoisotopic (exact) mass is 332 g/mol. The zero-order chi connectivity index (χ0) is 12.1. The van der Waals surface area contributed by atoms with Gasteiger partial charge in [0.15, 0.2) is 0 Å². The number of hydrogen-bond donors (Lipinski definition) is 0. The van der Waals surface area contributed by atoms with E-state index in [2.05, 4.69) is 13.8 Å². The van der Waals surface area contributed by atoms with Crippen LogP contribution in [0.3, 0.4) is 0 Å². The summed E-state index contributed by atoms with van der Waals surface area (Å²) in [4.78, 5) is 0. The summed E-state index contributed by atoms with van der Waals surface area (Å²) in [5, 5.41) is 0. The molecule has 0 aliphatic heterocycles. The molecule has 0 N–H and O–H groups in total. The molecule has 0 aliphatic rings. The Labute approximate surface area is 136 Å². The van der Waals surface area contributed by atoms with Gasteiger partial charge in [-0.3, -0.25) is 0 Å². The van der Waals surface area contributed by atoms with E-state index in [0.29, 0.717) is 0 Å². The van der Waals surface area contributed by atoms with Gasteiger partial charge in [0, 0.05) is 0 Å². The van der Waals surface area contributed by atoms with E-state index < -0.39 is 19.9 Å². The molecule has 0 atom stereocenters. The third-order valence-corrected chi connectivity index (χ3v) is 3.36. The van der Waals surface area contributed by atoms with E-state index in [0.717, 1.165) is 11.5 Å². The van der Waals surface area contributed by atoms with E-state index in [1.165, 1.54) is 11.1 Å². The van der Waals surface area contributed by atoms with Crippen molar-refractivity contribution in [1.29, 1.82) is 0 Å². The van der Waals surface area contributed by atoms with Crippen molar-refractivity contribution in [1.82, 2.24) is 0 Å². The fraction of sp³-hybridized carbons (Fsp3) is 0.143. The van der Waals surface area contributed by atoms with Crippen LogP contribution in [0.2, 0.25) is 0 Å². The number of benzene rings is 2. The molecule has 2 aromatic rings. The van der Waals surface area contributed by atoms with Crippen molar-refractivity contribution in [2.75, 3.05) is 0 Å². The molecule has 0 radical (unpaired) electrons. The van der Waals surface area contributed by atoms with Crippen LogP contribution in [0.5, 0.6) is 11.5 Å². The van der Waals surface area contributed by atoms with Crippen LogP contribution in [0.1, 0.15) is 11.1 Å². The minimum absolute atomic E-state index is 0. The van der Waals surface area contributed by atoms with E-state index in [1.807, 2.05) is 48.5 Å². The summed E-state index contributed by atoms with van der Waals surface area (Å²) in [6, 6.07) is 16.0. The van der Waals surface area contributed by atoms with Gasteiger partial charge in [0.2, 0.25) is 0 Å². The Bertz CT molecular complexity index is 426. The minimum Gasteiger partial charge on any atom is -1.00 e. The van der Waals surface area contributed by atoms with Gasteiger partial charge in [-0.15, -0.1) is 0 Å². The van der Waals surface area contributed by atoms with Crippen molar-refractivity contribution in [2.45, 2.75) is 13.8 Å². The van der Waals surface area contributed by atoms with E-state index in [9.17, 15) is 0 Å². The quantitative estimate of drug-likeness (QED) is 0.585. The fourth-order valence-electron chi connectivity index (χ4n) is 1.33. The van der Waals surface area contributed by atoms with E-state index >= 15 is 0 Å². The molecule has 19 heavy (non-hydrogen) atoms. The first-order chi connectivity index (χ1) is 8.24. The second-order valence-electron chi connectivity index (χ2n) is 3.91. The van der Waals surface area contributed by atoms with Crippen LogP contribution in [-0.2, 0) is 19.9 Å². The largest absolute Gasteiger partial charge is 1.00 e. The van der Waals surface area contributed by atoms with Crippen LogP contribution in [0, 0.1) is 13.8 Å². The summed E-state index contributed by atoms with van der Waals surface area (Å²) in [5.41, 5.74) is 2.47. The van der Waals surface area contributed by atoms with Crippen molar-refractivity contribution in [3.63, 3.8) is 0 Å². The number of aryl methyl sites for hydroxylation is 2. The number of hydrogen-bond acceptors (Lipinski definition) is 2. The van der Waals surface area contributed by atoms with E-state index in [-0.39, 0.29) is 24.8 Å². The first kappa shape index (κ1) is 18.3. The predicted octanol–water partition coefficient (Wildman–Crippen LogP) is -2.32. The molecule has 0 bridgehead atoms. The van der Waals surface area contributed by atoms with Gasteiger partial charge in [0.05, 0.1) is 0 Å². The van der Waals surface area contributed by atoms with Crippen LogP contribution >= 0.6 is 0 Å². The number of halogens is 2. The molecule has 0 amide bonds. The molecule has 0 aromatic heterocycles. The maximum Gasteiger partial charge on any atom is -1.00 e. The maximum absolute atomic E-state index is 5.60. The van der Waals surface area contributed by atoms with Crippen molar-refractivity contribution in [3.05, 3.63) is 59.7 Å². The molecule has 2 rings (SSSR count). The second kappa shape index (κ2) is 9.27. The summed E-state index contributed by atoms with van der Waals surface area (Å²) < 4.78 is 11.2. The minimum atomic E-state index is -0.886. The Hall–Kier alpha value is -0.666. The van der Waals surface area contributed by atoms with Gasteiger partial charge >= 0.3 is 112 Å². The zero-order valence-corrected chi connectivity index (χ0v) is 13.8. The van der Waals surface area contributed by atoms with Crippen LogP contribution in [0.15, 0.2) is 48.5 Å². The standard InChI is InChI=1S/2C7H8O.2ClH.Ti/c2*1-6-2-4-7(8)5-3-6;;;/h2*2-5,8H,1H3;2*1H;/q;;;;+4/p-4. The van der Waals surface area contributed by atoms with Gasteiger partial charge in [-0.05, 0) is 0 Å². The Morgan fingerprint density at radius 3 is 1.26 bits per heavy atom. The molecule has 100 valence electrons. The Morgan fingerprint density at radius 1 is 0.632 bits per heavy atom. The van der Waals surface area contributed by atoms with E-state index in [4.69, 9.17) is 6.64 Å². The molecule has 2 aromatic carbocycles. The molecular weight excluding hydrogens is 319 g/mol. The molecule has 0 saturated heterocycles. The maximum atomic E-state index is 5.60. The predicted molar refractivity (Wildman–Crippen MR) is 63.6 cm³/mol. The van der Waals surface area contributed by atoms with E-state index in [1.54, 1.807) is 0 Å². The van der Waals surface area contributed by atoms with Crippen LogP contribution < -0.4 is 31.5 Å². The average molecular weight is 333 g/mol. The summed E-state index contributed by atoms with van der Waals surface area (Å²) in [6.07, 6.45) is 0. The van der Waals surface area contributed by atoms with Gasteiger partial charge in [-0.25, -0.2) is 0 Å². The van der Waals surface area contributed by atoms with Crippen LogP contribution in [-0.4, -0.2) is 0 Å². The van der Waals surface area contributed by atoms with Crippen LogP contribution in [0.4, 0.5) is 0 Å². The number of rotatable bonds is 4. The Balaban J connectivity index is 0.00000162. The summed E-state index contributed by atoms with van der Waals surface area (Å²) in [6.45, 7) is 4.12. The molecule has 0 saturated carbocycles. The third kappa shape index (κ3) is 6.35. The van der Waals surface area contributed by atoms with Gasteiger partial charge in [0.25, 0.3) is 0 Å². The van der Waals surface area contributed by atoms with Gasteiger partial charge < -0.3 is 24.8 Å². The SMILES string of the molecule is Cc1ccc([O][Ti+2][O]c2ccc(C)cc2)cc1.[Cl-].[Cl-]. The first-order valence-electron chi connectivity index (χ1n) is 5.46. The molecule has 0 aliphatic carbocycles. The Morgan fingerprint density at radius 2 is 0.947 bits per heavy atom. The molecule has 2 nitrogen and oxygen atoms in total.